The summed E-state index contributed by atoms with van der Waals surface area (Å²) in [4.78, 5) is 26.1. The van der Waals surface area contributed by atoms with Gasteiger partial charge in [0.15, 0.2) is 0 Å². The highest BCUT2D eigenvalue weighted by Gasteiger charge is 2.26. The Kier molecular flexibility index (Phi) is 4.63. The lowest BCUT2D eigenvalue weighted by Crippen LogP contribution is -2.43. The Morgan fingerprint density at radius 3 is 2.69 bits per heavy atom. The molecular formula is C21H18N2O2S. The van der Waals surface area contributed by atoms with Gasteiger partial charge in [0.25, 0.3) is 0 Å². The lowest BCUT2D eigenvalue weighted by atomic mass is 10.1. The van der Waals surface area contributed by atoms with Crippen molar-refractivity contribution in [3.05, 3.63) is 72.3 Å². The molecule has 4 nitrogen and oxygen atoms in total. The van der Waals surface area contributed by atoms with Crippen molar-refractivity contribution in [1.82, 2.24) is 0 Å². The summed E-state index contributed by atoms with van der Waals surface area (Å²) in [7, 11) is 0. The first-order valence-corrected chi connectivity index (χ1v) is 9.61. The Hall–Kier alpha value is -2.79. The molecule has 0 saturated carbocycles. The molecule has 1 N–H and O–H groups in total. The van der Waals surface area contributed by atoms with E-state index in [1.165, 1.54) is 16.3 Å². The highest BCUT2D eigenvalue weighted by molar-refractivity contribution is 7.99. The fraction of sp³-hybridized carbons (Fsp3) is 0.143. The molecule has 0 fully saturated rings. The predicted molar refractivity (Wildman–Crippen MR) is 108 cm³/mol. The van der Waals surface area contributed by atoms with Crippen molar-refractivity contribution in [2.24, 2.45) is 0 Å². The lowest BCUT2D eigenvalue weighted by molar-refractivity contribution is -0.120. The topological polar surface area (TPSA) is 49.4 Å². The van der Waals surface area contributed by atoms with Crippen LogP contribution in [0.25, 0.3) is 10.8 Å². The van der Waals surface area contributed by atoms with Crippen LogP contribution in [0.1, 0.15) is 5.56 Å². The number of nitrogens with zero attached hydrogens (tertiary/aromatic N) is 1. The summed E-state index contributed by atoms with van der Waals surface area (Å²) in [5, 5.41) is 5.23. The molecule has 3 aromatic rings. The van der Waals surface area contributed by atoms with E-state index in [0.717, 1.165) is 11.4 Å². The molecular weight excluding hydrogens is 344 g/mol. The van der Waals surface area contributed by atoms with Gasteiger partial charge in [0.2, 0.25) is 11.8 Å². The first kappa shape index (κ1) is 16.7. The lowest BCUT2D eigenvalue weighted by Gasteiger charge is -2.29. The van der Waals surface area contributed by atoms with Crippen molar-refractivity contribution in [3.8, 4) is 0 Å². The minimum absolute atomic E-state index is 0.0439. The summed E-state index contributed by atoms with van der Waals surface area (Å²) in [5.74, 6) is 0.897. The van der Waals surface area contributed by atoms with Gasteiger partial charge in [-0.2, -0.15) is 0 Å². The van der Waals surface area contributed by atoms with Crippen LogP contribution in [-0.2, 0) is 15.3 Å². The SMILES string of the molecule is O=C1CN(C(=O)CSCc2cccc3ccccc23)c2ccccc2N1. The smallest absolute Gasteiger partial charge is 0.244 e. The third kappa shape index (κ3) is 3.30. The Balaban J connectivity index is 1.45. The summed E-state index contributed by atoms with van der Waals surface area (Å²) in [6.07, 6.45) is 0. The number of amides is 2. The van der Waals surface area contributed by atoms with Crippen molar-refractivity contribution in [2.45, 2.75) is 5.75 Å². The third-order valence-corrected chi connectivity index (χ3v) is 5.40. The van der Waals surface area contributed by atoms with Gasteiger partial charge in [-0.15, -0.1) is 11.8 Å². The molecule has 0 bridgehead atoms. The fourth-order valence-corrected chi connectivity index (χ4v) is 4.10. The molecule has 1 aliphatic heterocycles. The summed E-state index contributed by atoms with van der Waals surface area (Å²) >= 11 is 1.58. The van der Waals surface area contributed by atoms with Crippen molar-refractivity contribution in [2.75, 3.05) is 22.5 Å². The summed E-state index contributed by atoms with van der Waals surface area (Å²) < 4.78 is 0. The number of benzene rings is 3. The van der Waals surface area contributed by atoms with Crippen LogP contribution in [0, 0.1) is 0 Å². The van der Waals surface area contributed by atoms with E-state index in [9.17, 15) is 9.59 Å². The number of hydrogen-bond donors (Lipinski definition) is 1. The number of thioether (sulfide) groups is 1. The van der Waals surface area contributed by atoms with Crippen LogP contribution in [0.15, 0.2) is 66.7 Å². The van der Waals surface area contributed by atoms with E-state index in [1.54, 1.807) is 16.7 Å². The quantitative estimate of drug-likeness (QED) is 0.761. The number of rotatable bonds is 4. The molecule has 2 amide bonds. The van der Waals surface area contributed by atoms with E-state index in [-0.39, 0.29) is 18.4 Å². The number of fused-ring (bicyclic) bond motifs is 2. The van der Waals surface area contributed by atoms with Crippen LogP contribution in [0.2, 0.25) is 0 Å². The molecule has 4 rings (SSSR count). The van der Waals surface area contributed by atoms with Gasteiger partial charge in [-0.25, -0.2) is 0 Å². The molecule has 0 radical (unpaired) electrons. The maximum Gasteiger partial charge on any atom is 0.244 e. The maximum absolute atomic E-state index is 12.7. The number of carbonyl (C=O) groups excluding carboxylic acids is 2. The monoisotopic (exact) mass is 362 g/mol. The molecule has 0 saturated heterocycles. The molecule has 0 aromatic heterocycles. The molecule has 1 aliphatic rings. The minimum Gasteiger partial charge on any atom is -0.323 e. The Morgan fingerprint density at radius 1 is 1.00 bits per heavy atom. The van der Waals surface area contributed by atoms with E-state index in [0.29, 0.717) is 11.4 Å². The van der Waals surface area contributed by atoms with E-state index in [1.807, 2.05) is 42.5 Å². The standard InChI is InChI=1S/C21H18N2O2S/c24-20-12-23(19-11-4-3-10-18(19)22-20)21(25)14-26-13-16-8-5-7-15-6-1-2-9-17(15)16/h1-11H,12-14H2,(H,22,24). The average Bonchev–Trinajstić information content (AvgIpc) is 2.67. The van der Waals surface area contributed by atoms with Crippen LogP contribution >= 0.6 is 11.8 Å². The van der Waals surface area contributed by atoms with Gasteiger partial charge in [0, 0.05) is 5.75 Å². The fourth-order valence-electron chi connectivity index (χ4n) is 3.20. The van der Waals surface area contributed by atoms with Crippen LogP contribution in [0.3, 0.4) is 0 Å². The van der Waals surface area contributed by atoms with Crippen LogP contribution in [0.4, 0.5) is 11.4 Å². The van der Waals surface area contributed by atoms with Gasteiger partial charge in [0.05, 0.1) is 17.1 Å². The molecule has 0 unspecified atom stereocenters. The van der Waals surface area contributed by atoms with E-state index in [2.05, 4.69) is 29.6 Å². The molecule has 130 valence electrons. The molecule has 5 heteroatoms. The van der Waals surface area contributed by atoms with Gasteiger partial charge in [-0.05, 0) is 28.5 Å². The average molecular weight is 362 g/mol. The van der Waals surface area contributed by atoms with E-state index >= 15 is 0 Å². The normalized spacial score (nSPS) is 13.4. The molecule has 0 spiro atoms. The largest absolute Gasteiger partial charge is 0.323 e. The zero-order valence-corrected chi connectivity index (χ0v) is 15.0. The second kappa shape index (κ2) is 7.22. The summed E-state index contributed by atoms with van der Waals surface area (Å²) in [5.41, 5.74) is 2.68. The molecule has 0 aliphatic carbocycles. The third-order valence-electron chi connectivity index (χ3n) is 4.43. The van der Waals surface area contributed by atoms with E-state index < -0.39 is 0 Å². The second-order valence-corrected chi connectivity index (χ2v) is 7.16. The van der Waals surface area contributed by atoms with Gasteiger partial charge >= 0.3 is 0 Å². The van der Waals surface area contributed by atoms with Crippen LogP contribution in [-0.4, -0.2) is 24.1 Å². The van der Waals surface area contributed by atoms with Gasteiger partial charge in [-0.3, -0.25) is 9.59 Å². The zero-order chi connectivity index (χ0) is 17.9. The Morgan fingerprint density at radius 2 is 1.77 bits per heavy atom. The van der Waals surface area contributed by atoms with Crippen molar-refractivity contribution >= 4 is 45.7 Å². The molecule has 3 aromatic carbocycles. The number of nitrogens with one attached hydrogen (secondary N) is 1. The number of para-hydroxylation sites is 2. The summed E-state index contributed by atoms with van der Waals surface area (Å²) in [6, 6.07) is 21.9. The molecule has 1 heterocycles. The van der Waals surface area contributed by atoms with Gasteiger partial charge < -0.3 is 10.2 Å². The minimum atomic E-state index is -0.156. The van der Waals surface area contributed by atoms with Crippen molar-refractivity contribution in [1.29, 1.82) is 0 Å². The highest BCUT2D eigenvalue weighted by atomic mass is 32.2. The number of carbonyl (C=O) groups is 2. The van der Waals surface area contributed by atoms with Crippen molar-refractivity contribution < 1.29 is 9.59 Å². The molecule has 0 atom stereocenters. The van der Waals surface area contributed by atoms with E-state index in [4.69, 9.17) is 0 Å². The number of anilines is 2. The van der Waals surface area contributed by atoms with Crippen molar-refractivity contribution in [3.63, 3.8) is 0 Å². The predicted octanol–water partition coefficient (Wildman–Crippen LogP) is 4.06. The second-order valence-electron chi connectivity index (χ2n) is 6.18. The first-order valence-electron chi connectivity index (χ1n) is 8.46. The summed E-state index contributed by atoms with van der Waals surface area (Å²) in [6.45, 7) is 0.0741. The van der Waals surface area contributed by atoms with Gasteiger partial charge in [0.1, 0.15) is 6.54 Å². The Labute approximate surface area is 156 Å². The van der Waals surface area contributed by atoms with Gasteiger partial charge in [-0.1, -0.05) is 54.6 Å². The van der Waals surface area contributed by atoms with Crippen LogP contribution in [0.5, 0.6) is 0 Å². The highest BCUT2D eigenvalue weighted by Crippen LogP contribution is 2.30. The number of hydrogen-bond acceptors (Lipinski definition) is 3. The Bertz CT molecular complexity index is 981. The van der Waals surface area contributed by atoms with Crippen LogP contribution < -0.4 is 10.2 Å². The first-order chi connectivity index (χ1) is 12.7. The maximum atomic E-state index is 12.7. The molecule has 26 heavy (non-hydrogen) atoms. The zero-order valence-electron chi connectivity index (χ0n) is 14.1.